The summed E-state index contributed by atoms with van der Waals surface area (Å²) in [7, 11) is 1.96. The van der Waals surface area contributed by atoms with Crippen LogP contribution in [0, 0.1) is 0 Å². The molecule has 1 unspecified atom stereocenters. The fourth-order valence-electron chi connectivity index (χ4n) is 1.54. The SMILES string of the molecule is CCCOCC(Cc1ccccc1Cl)NC. The van der Waals surface area contributed by atoms with Gasteiger partial charge in [0.1, 0.15) is 0 Å². The number of likely N-dealkylation sites (N-methyl/N-ethyl adjacent to an activating group) is 1. The second-order valence-electron chi connectivity index (χ2n) is 3.86. The Kier molecular flexibility index (Phi) is 6.46. The Balaban J connectivity index is 2.46. The smallest absolute Gasteiger partial charge is 0.0622 e. The van der Waals surface area contributed by atoms with Crippen LogP contribution in [0.15, 0.2) is 24.3 Å². The van der Waals surface area contributed by atoms with Crippen molar-refractivity contribution in [1.82, 2.24) is 5.32 Å². The average molecular weight is 242 g/mol. The van der Waals surface area contributed by atoms with Gasteiger partial charge < -0.3 is 10.1 Å². The lowest BCUT2D eigenvalue weighted by atomic mass is 10.1. The van der Waals surface area contributed by atoms with E-state index >= 15 is 0 Å². The van der Waals surface area contributed by atoms with Crippen molar-refractivity contribution in [3.05, 3.63) is 34.9 Å². The highest BCUT2D eigenvalue weighted by molar-refractivity contribution is 6.31. The van der Waals surface area contributed by atoms with Crippen LogP contribution in [0.1, 0.15) is 18.9 Å². The summed E-state index contributed by atoms with van der Waals surface area (Å²) in [5, 5.41) is 4.08. The minimum atomic E-state index is 0.325. The molecular weight excluding hydrogens is 222 g/mol. The molecule has 90 valence electrons. The first kappa shape index (κ1) is 13.5. The summed E-state index contributed by atoms with van der Waals surface area (Å²) in [5.41, 5.74) is 1.17. The maximum absolute atomic E-state index is 6.12. The molecule has 0 radical (unpaired) electrons. The average Bonchev–Trinajstić information content (AvgIpc) is 2.30. The van der Waals surface area contributed by atoms with Crippen molar-refractivity contribution < 1.29 is 4.74 Å². The lowest BCUT2D eigenvalue weighted by Gasteiger charge is -2.16. The highest BCUT2D eigenvalue weighted by Gasteiger charge is 2.09. The molecule has 0 bridgehead atoms. The van der Waals surface area contributed by atoms with Crippen molar-refractivity contribution in [2.24, 2.45) is 0 Å². The number of nitrogens with one attached hydrogen (secondary N) is 1. The van der Waals surface area contributed by atoms with E-state index < -0.39 is 0 Å². The Morgan fingerprint density at radius 3 is 2.75 bits per heavy atom. The Morgan fingerprint density at radius 1 is 1.38 bits per heavy atom. The van der Waals surface area contributed by atoms with Crippen LogP contribution in [0.3, 0.4) is 0 Å². The van der Waals surface area contributed by atoms with Gasteiger partial charge in [0.05, 0.1) is 6.61 Å². The molecule has 2 nitrogen and oxygen atoms in total. The third-order valence-electron chi connectivity index (χ3n) is 2.50. The molecule has 16 heavy (non-hydrogen) atoms. The molecule has 0 saturated heterocycles. The second kappa shape index (κ2) is 7.66. The summed E-state index contributed by atoms with van der Waals surface area (Å²) in [6.07, 6.45) is 1.96. The molecule has 0 aromatic heterocycles. The number of rotatable bonds is 7. The summed E-state index contributed by atoms with van der Waals surface area (Å²) < 4.78 is 5.54. The first-order chi connectivity index (χ1) is 7.77. The highest BCUT2D eigenvalue weighted by atomic mass is 35.5. The van der Waals surface area contributed by atoms with Gasteiger partial charge in [-0.3, -0.25) is 0 Å². The van der Waals surface area contributed by atoms with Crippen LogP contribution in [-0.2, 0) is 11.2 Å². The van der Waals surface area contributed by atoms with Crippen molar-refractivity contribution in [2.45, 2.75) is 25.8 Å². The quantitative estimate of drug-likeness (QED) is 0.742. The van der Waals surface area contributed by atoms with Gasteiger partial charge >= 0.3 is 0 Å². The van der Waals surface area contributed by atoms with Gasteiger partial charge in [0.2, 0.25) is 0 Å². The van der Waals surface area contributed by atoms with Crippen LogP contribution in [0.25, 0.3) is 0 Å². The van der Waals surface area contributed by atoms with E-state index in [1.54, 1.807) is 0 Å². The van der Waals surface area contributed by atoms with Crippen LogP contribution in [0.5, 0.6) is 0 Å². The first-order valence-electron chi connectivity index (χ1n) is 5.76. The van der Waals surface area contributed by atoms with Gasteiger partial charge in [0, 0.05) is 17.7 Å². The molecule has 0 saturated carbocycles. The molecule has 0 aliphatic heterocycles. The van der Waals surface area contributed by atoms with E-state index in [2.05, 4.69) is 18.3 Å². The normalized spacial score (nSPS) is 12.7. The molecule has 0 amide bonds. The molecule has 0 aliphatic carbocycles. The molecule has 1 rings (SSSR count). The third-order valence-corrected chi connectivity index (χ3v) is 2.87. The molecule has 3 heteroatoms. The largest absolute Gasteiger partial charge is 0.380 e. The van der Waals surface area contributed by atoms with Crippen molar-refractivity contribution in [3.63, 3.8) is 0 Å². The van der Waals surface area contributed by atoms with E-state index in [1.807, 2.05) is 25.2 Å². The molecular formula is C13H20ClNO. The van der Waals surface area contributed by atoms with E-state index in [1.165, 1.54) is 5.56 Å². The Bertz CT molecular complexity index is 304. The van der Waals surface area contributed by atoms with Crippen LogP contribution >= 0.6 is 11.6 Å². The van der Waals surface area contributed by atoms with Crippen LogP contribution in [0.4, 0.5) is 0 Å². The van der Waals surface area contributed by atoms with Gasteiger partial charge in [-0.2, -0.15) is 0 Å². The highest BCUT2D eigenvalue weighted by Crippen LogP contribution is 2.16. The molecule has 0 heterocycles. The number of hydrogen-bond donors (Lipinski definition) is 1. The lowest BCUT2D eigenvalue weighted by molar-refractivity contribution is 0.114. The fraction of sp³-hybridized carbons (Fsp3) is 0.538. The number of hydrogen-bond acceptors (Lipinski definition) is 2. The molecule has 0 aliphatic rings. The molecule has 1 aromatic rings. The summed E-state index contributed by atoms with van der Waals surface area (Å²) in [6, 6.07) is 8.28. The van der Waals surface area contributed by atoms with Gasteiger partial charge in [-0.25, -0.2) is 0 Å². The van der Waals surface area contributed by atoms with Gasteiger partial charge in [0.25, 0.3) is 0 Å². The van der Waals surface area contributed by atoms with Gasteiger partial charge in [0.15, 0.2) is 0 Å². The number of halogens is 1. The van der Waals surface area contributed by atoms with Crippen LogP contribution < -0.4 is 5.32 Å². The maximum atomic E-state index is 6.12. The fourth-order valence-corrected chi connectivity index (χ4v) is 1.76. The second-order valence-corrected chi connectivity index (χ2v) is 4.26. The number of benzene rings is 1. The van der Waals surface area contributed by atoms with E-state index in [0.29, 0.717) is 6.04 Å². The molecule has 0 fully saturated rings. The lowest BCUT2D eigenvalue weighted by Crippen LogP contribution is -2.32. The summed E-state index contributed by atoms with van der Waals surface area (Å²) >= 11 is 6.12. The summed E-state index contributed by atoms with van der Waals surface area (Å²) in [6.45, 7) is 3.67. The standard InChI is InChI=1S/C13H20ClNO/c1-3-8-16-10-12(15-2)9-11-6-4-5-7-13(11)14/h4-7,12,15H,3,8-10H2,1-2H3. The van der Waals surface area contributed by atoms with Crippen molar-refractivity contribution in [3.8, 4) is 0 Å². The minimum Gasteiger partial charge on any atom is -0.380 e. The topological polar surface area (TPSA) is 21.3 Å². The zero-order valence-corrected chi connectivity index (χ0v) is 10.8. The van der Waals surface area contributed by atoms with E-state index in [-0.39, 0.29) is 0 Å². The predicted octanol–water partition coefficient (Wildman–Crippen LogP) is 2.90. The maximum Gasteiger partial charge on any atom is 0.0622 e. The van der Waals surface area contributed by atoms with Crippen molar-refractivity contribution >= 4 is 11.6 Å². The van der Waals surface area contributed by atoms with Gasteiger partial charge in [-0.05, 0) is 31.5 Å². The Morgan fingerprint density at radius 2 is 2.12 bits per heavy atom. The van der Waals surface area contributed by atoms with Crippen molar-refractivity contribution in [1.29, 1.82) is 0 Å². The monoisotopic (exact) mass is 241 g/mol. The minimum absolute atomic E-state index is 0.325. The Hall–Kier alpha value is -0.570. The number of ether oxygens (including phenoxy) is 1. The van der Waals surface area contributed by atoms with Gasteiger partial charge in [-0.15, -0.1) is 0 Å². The van der Waals surface area contributed by atoms with Crippen molar-refractivity contribution in [2.75, 3.05) is 20.3 Å². The van der Waals surface area contributed by atoms with Crippen LogP contribution in [-0.4, -0.2) is 26.3 Å². The molecule has 1 atom stereocenters. The summed E-state index contributed by atoms with van der Waals surface area (Å²) in [4.78, 5) is 0. The zero-order valence-electron chi connectivity index (χ0n) is 10.0. The molecule has 1 aromatic carbocycles. The predicted molar refractivity (Wildman–Crippen MR) is 69.1 cm³/mol. The summed E-state index contributed by atoms with van der Waals surface area (Å²) in [5.74, 6) is 0. The first-order valence-corrected chi connectivity index (χ1v) is 6.14. The van der Waals surface area contributed by atoms with E-state index in [0.717, 1.165) is 31.1 Å². The zero-order chi connectivity index (χ0) is 11.8. The molecule has 0 spiro atoms. The van der Waals surface area contributed by atoms with Gasteiger partial charge in [-0.1, -0.05) is 36.7 Å². The molecule has 1 N–H and O–H groups in total. The van der Waals surface area contributed by atoms with Crippen LogP contribution in [0.2, 0.25) is 5.02 Å². The Labute approximate surface area is 103 Å². The third kappa shape index (κ3) is 4.52. The van der Waals surface area contributed by atoms with E-state index in [4.69, 9.17) is 16.3 Å². The van der Waals surface area contributed by atoms with E-state index in [9.17, 15) is 0 Å².